The van der Waals surface area contributed by atoms with Crippen LogP contribution < -0.4 is 10.3 Å². The average molecular weight is 288 g/mol. The second kappa shape index (κ2) is 6.21. The maximum absolute atomic E-state index is 11.7. The molecule has 1 aromatic heterocycles. The van der Waals surface area contributed by atoms with E-state index < -0.39 is 11.5 Å². The van der Waals surface area contributed by atoms with Crippen molar-refractivity contribution in [2.24, 2.45) is 0 Å². The van der Waals surface area contributed by atoms with Gasteiger partial charge in [0.05, 0.1) is 12.8 Å². The maximum atomic E-state index is 11.7. The Balaban J connectivity index is 2.13. The molecule has 6 nitrogen and oxygen atoms in total. The Bertz CT molecular complexity index is 705. The lowest BCUT2D eigenvalue weighted by atomic mass is 10.1. The molecule has 6 heteroatoms. The van der Waals surface area contributed by atoms with Gasteiger partial charge in [-0.25, -0.2) is 9.78 Å². The monoisotopic (exact) mass is 288 g/mol. The van der Waals surface area contributed by atoms with Crippen molar-refractivity contribution in [3.63, 3.8) is 0 Å². The molecule has 1 aromatic carbocycles. The summed E-state index contributed by atoms with van der Waals surface area (Å²) in [5, 5.41) is 8.92. The van der Waals surface area contributed by atoms with Crippen LogP contribution in [0.15, 0.2) is 29.1 Å². The highest BCUT2D eigenvalue weighted by molar-refractivity contribution is 5.88. The Labute approximate surface area is 121 Å². The number of carboxylic acids is 1. The molecule has 0 amide bonds. The van der Waals surface area contributed by atoms with E-state index >= 15 is 0 Å². The first kappa shape index (κ1) is 14.8. The first-order chi connectivity index (χ1) is 10.0. The summed E-state index contributed by atoms with van der Waals surface area (Å²) in [5.74, 6) is 0.00760. The minimum absolute atomic E-state index is 0.232. The van der Waals surface area contributed by atoms with E-state index in [1.807, 2.05) is 24.3 Å². The highest BCUT2D eigenvalue weighted by Crippen LogP contribution is 2.12. The number of hydrogen-bond acceptors (Lipinski definition) is 4. The van der Waals surface area contributed by atoms with E-state index in [1.165, 1.54) is 6.92 Å². The van der Waals surface area contributed by atoms with Gasteiger partial charge in [0.1, 0.15) is 17.1 Å². The summed E-state index contributed by atoms with van der Waals surface area (Å²) in [6, 6.07) is 7.61. The number of hydrogen-bond donors (Lipinski definition) is 2. The molecular formula is C15H16N2O4. The molecule has 0 bridgehead atoms. The van der Waals surface area contributed by atoms with Crippen LogP contribution in [-0.2, 0) is 12.8 Å². The van der Waals surface area contributed by atoms with E-state index in [1.54, 1.807) is 7.11 Å². The average Bonchev–Trinajstić information content (AvgIpc) is 2.44. The zero-order chi connectivity index (χ0) is 15.4. The van der Waals surface area contributed by atoms with Crippen LogP contribution in [-0.4, -0.2) is 28.2 Å². The molecule has 2 N–H and O–H groups in total. The summed E-state index contributed by atoms with van der Waals surface area (Å²) in [6.45, 7) is 1.52. The zero-order valence-corrected chi connectivity index (χ0v) is 11.8. The normalized spacial score (nSPS) is 10.4. The summed E-state index contributed by atoms with van der Waals surface area (Å²) in [5.41, 5.74) is 0.400. The van der Waals surface area contributed by atoms with E-state index in [0.717, 1.165) is 11.3 Å². The van der Waals surface area contributed by atoms with Crippen molar-refractivity contribution in [3.05, 3.63) is 57.3 Å². The number of ether oxygens (including phenoxy) is 1. The number of aromatic nitrogens is 2. The molecule has 0 saturated carbocycles. The fraction of sp³-hybridized carbons (Fsp3) is 0.267. The van der Waals surface area contributed by atoms with E-state index in [9.17, 15) is 9.59 Å². The van der Waals surface area contributed by atoms with Gasteiger partial charge < -0.3 is 14.8 Å². The van der Waals surface area contributed by atoms with Crippen LogP contribution in [0.5, 0.6) is 5.75 Å². The minimum Gasteiger partial charge on any atom is -0.497 e. The molecule has 0 spiro atoms. The lowest BCUT2D eigenvalue weighted by Crippen LogP contribution is -2.23. The Kier molecular flexibility index (Phi) is 4.37. The third-order valence-corrected chi connectivity index (χ3v) is 3.17. The summed E-state index contributed by atoms with van der Waals surface area (Å²) in [6.07, 6.45) is 1.22. The van der Waals surface area contributed by atoms with Crippen molar-refractivity contribution in [2.45, 2.75) is 19.8 Å². The molecule has 0 radical (unpaired) electrons. The van der Waals surface area contributed by atoms with Gasteiger partial charge in [-0.05, 0) is 31.0 Å². The molecule has 1 heterocycles. The number of benzene rings is 1. The Morgan fingerprint density at radius 2 is 1.95 bits per heavy atom. The first-order valence-corrected chi connectivity index (χ1v) is 6.47. The maximum Gasteiger partial charge on any atom is 0.343 e. The third kappa shape index (κ3) is 3.47. The highest BCUT2D eigenvalue weighted by Gasteiger charge is 2.14. The Hall–Kier alpha value is -2.63. The molecule has 2 rings (SSSR count). The number of aromatic carboxylic acids is 1. The van der Waals surface area contributed by atoms with Crippen LogP contribution in [0.4, 0.5) is 0 Å². The highest BCUT2D eigenvalue weighted by atomic mass is 16.5. The molecule has 0 atom stereocenters. The fourth-order valence-corrected chi connectivity index (χ4v) is 2.07. The summed E-state index contributed by atoms with van der Waals surface area (Å²) >= 11 is 0. The number of aryl methyl sites for hydroxylation is 3. The van der Waals surface area contributed by atoms with Gasteiger partial charge in [0.15, 0.2) is 0 Å². The summed E-state index contributed by atoms with van der Waals surface area (Å²) in [7, 11) is 1.61. The topological polar surface area (TPSA) is 92.3 Å². The number of carbonyl (C=O) groups is 1. The molecule has 0 aliphatic rings. The Morgan fingerprint density at radius 3 is 2.48 bits per heavy atom. The molecule has 0 saturated heterocycles. The van der Waals surface area contributed by atoms with Gasteiger partial charge in [0.25, 0.3) is 5.56 Å². The predicted molar refractivity (Wildman–Crippen MR) is 77.0 cm³/mol. The first-order valence-electron chi connectivity index (χ1n) is 6.47. The minimum atomic E-state index is -1.26. The van der Waals surface area contributed by atoms with Gasteiger partial charge >= 0.3 is 5.97 Å². The number of nitrogens with one attached hydrogen (secondary N) is 1. The van der Waals surface area contributed by atoms with E-state index in [0.29, 0.717) is 18.7 Å². The second-order valence-corrected chi connectivity index (χ2v) is 4.63. The Morgan fingerprint density at radius 1 is 1.29 bits per heavy atom. The molecule has 21 heavy (non-hydrogen) atoms. The van der Waals surface area contributed by atoms with Crippen LogP contribution in [0.1, 0.15) is 27.4 Å². The number of nitrogens with zero attached hydrogens (tertiary/aromatic N) is 1. The molecule has 0 aliphatic carbocycles. The fourth-order valence-electron chi connectivity index (χ4n) is 2.07. The smallest absolute Gasteiger partial charge is 0.343 e. The number of carboxylic acid groups (broad SMARTS) is 1. The number of rotatable bonds is 5. The summed E-state index contributed by atoms with van der Waals surface area (Å²) in [4.78, 5) is 29.3. The molecule has 0 unspecified atom stereocenters. The van der Waals surface area contributed by atoms with Gasteiger partial charge in [-0.1, -0.05) is 12.1 Å². The summed E-state index contributed by atoms with van der Waals surface area (Å²) < 4.78 is 5.08. The van der Waals surface area contributed by atoms with Gasteiger partial charge in [0, 0.05) is 6.42 Å². The zero-order valence-electron chi connectivity index (χ0n) is 11.8. The van der Waals surface area contributed by atoms with E-state index in [-0.39, 0.29) is 11.3 Å². The predicted octanol–water partition coefficient (Wildman–Crippen LogP) is 1.57. The van der Waals surface area contributed by atoms with Crippen LogP contribution in [0.2, 0.25) is 0 Å². The molecule has 0 aliphatic heterocycles. The van der Waals surface area contributed by atoms with Gasteiger partial charge in [0.2, 0.25) is 0 Å². The van der Waals surface area contributed by atoms with Gasteiger partial charge in [-0.3, -0.25) is 4.79 Å². The second-order valence-electron chi connectivity index (χ2n) is 4.63. The lowest BCUT2D eigenvalue weighted by molar-refractivity contribution is 0.0693. The largest absolute Gasteiger partial charge is 0.497 e. The van der Waals surface area contributed by atoms with Crippen LogP contribution in [0, 0.1) is 6.92 Å². The van der Waals surface area contributed by atoms with Crippen molar-refractivity contribution >= 4 is 5.97 Å². The molecule has 110 valence electrons. The number of methoxy groups -OCH3 is 1. The van der Waals surface area contributed by atoms with Crippen LogP contribution >= 0.6 is 0 Å². The van der Waals surface area contributed by atoms with Crippen LogP contribution in [0.25, 0.3) is 0 Å². The molecule has 0 fully saturated rings. The SMILES string of the molecule is COc1ccc(CCc2nc(C)c(C(=O)O)c(=O)[nH]2)cc1. The third-order valence-electron chi connectivity index (χ3n) is 3.17. The van der Waals surface area contributed by atoms with E-state index in [2.05, 4.69) is 9.97 Å². The standard InChI is InChI=1S/C15H16N2O4/c1-9-13(15(19)20)14(18)17-12(16-9)8-5-10-3-6-11(21-2)7-4-10/h3-4,6-7H,5,8H2,1-2H3,(H,19,20)(H,16,17,18). The van der Waals surface area contributed by atoms with Crippen LogP contribution in [0.3, 0.4) is 0 Å². The lowest BCUT2D eigenvalue weighted by Gasteiger charge is -2.05. The van der Waals surface area contributed by atoms with Gasteiger partial charge in [-0.2, -0.15) is 0 Å². The van der Waals surface area contributed by atoms with Crippen molar-refractivity contribution in [1.29, 1.82) is 0 Å². The molecule has 2 aromatic rings. The van der Waals surface area contributed by atoms with Crippen molar-refractivity contribution in [1.82, 2.24) is 9.97 Å². The van der Waals surface area contributed by atoms with Gasteiger partial charge in [-0.15, -0.1) is 0 Å². The number of H-pyrrole nitrogens is 1. The molecular weight excluding hydrogens is 272 g/mol. The van der Waals surface area contributed by atoms with Crippen molar-refractivity contribution in [3.8, 4) is 5.75 Å². The number of aromatic amines is 1. The van der Waals surface area contributed by atoms with Crippen molar-refractivity contribution < 1.29 is 14.6 Å². The van der Waals surface area contributed by atoms with Crippen molar-refractivity contribution in [2.75, 3.05) is 7.11 Å². The quantitative estimate of drug-likeness (QED) is 0.871. The van der Waals surface area contributed by atoms with E-state index in [4.69, 9.17) is 9.84 Å².